The first-order valence-electron chi connectivity index (χ1n) is 8.94. The Morgan fingerprint density at radius 3 is 2.32 bits per heavy atom. The van der Waals surface area contributed by atoms with Crippen LogP contribution in [0.1, 0.15) is 11.1 Å². The molecule has 2 aromatic rings. The largest absolute Gasteiger partial charge is 0.507 e. The number of hydrogen-bond acceptors (Lipinski definition) is 11. The number of phenols is 1. The van der Waals surface area contributed by atoms with E-state index >= 15 is 0 Å². The Labute approximate surface area is 195 Å². The molecule has 0 unspecified atom stereocenters. The summed E-state index contributed by atoms with van der Waals surface area (Å²) in [6.07, 6.45) is 1.90. The van der Waals surface area contributed by atoms with Gasteiger partial charge in [-0.15, -0.1) is 0 Å². The van der Waals surface area contributed by atoms with Gasteiger partial charge in [-0.3, -0.25) is 14.5 Å². The van der Waals surface area contributed by atoms with Crippen LogP contribution in [0.2, 0.25) is 0 Å². The van der Waals surface area contributed by atoms with Crippen molar-refractivity contribution in [3.05, 3.63) is 54.1 Å². The van der Waals surface area contributed by atoms with Gasteiger partial charge in [0.2, 0.25) is 0 Å². The second kappa shape index (κ2) is 10.4. The quantitative estimate of drug-likeness (QED) is 0.157. The van der Waals surface area contributed by atoms with Crippen LogP contribution in [0.25, 0.3) is 6.08 Å². The zero-order valence-electron chi connectivity index (χ0n) is 17.1. The maximum Gasteiger partial charge on any atom is 0.397 e. The molecule has 184 valence electrons. The number of aromatic hydroxyl groups is 1. The van der Waals surface area contributed by atoms with Gasteiger partial charge in [0.25, 0.3) is 10.1 Å². The number of hydrogen-bond donors (Lipinski definition) is 5. The van der Waals surface area contributed by atoms with Crippen LogP contribution in [0, 0.1) is 5.41 Å². The fourth-order valence-electron chi connectivity index (χ4n) is 2.62. The Morgan fingerprint density at radius 2 is 1.76 bits per heavy atom. The molecule has 0 bridgehead atoms. The van der Waals surface area contributed by atoms with E-state index in [2.05, 4.69) is 21.3 Å². The Kier molecular flexibility index (Phi) is 8.30. The van der Waals surface area contributed by atoms with Crippen molar-refractivity contribution in [2.75, 3.05) is 17.8 Å². The van der Waals surface area contributed by atoms with E-state index in [1.807, 2.05) is 0 Å². The highest BCUT2D eigenvalue weighted by Crippen LogP contribution is 2.28. The van der Waals surface area contributed by atoms with Gasteiger partial charge in [-0.1, -0.05) is 18.7 Å². The fourth-order valence-corrected chi connectivity index (χ4v) is 4.69. The van der Waals surface area contributed by atoms with Crippen LogP contribution in [-0.4, -0.2) is 63.8 Å². The first-order valence-corrected chi connectivity index (χ1v) is 13.4. The number of benzene rings is 2. The van der Waals surface area contributed by atoms with Crippen molar-refractivity contribution in [3.63, 3.8) is 0 Å². The minimum absolute atomic E-state index is 0.0341. The smallest absolute Gasteiger partial charge is 0.397 e. The van der Waals surface area contributed by atoms with E-state index in [4.69, 9.17) is 9.96 Å². The molecule has 0 amide bonds. The summed E-state index contributed by atoms with van der Waals surface area (Å²) in [5.74, 6) is -1.37. The van der Waals surface area contributed by atoms with Crippen molar-refractivity contribution in [1.82, 2.24) is 0 Å². The number of phenolic OH excluding ortho intramolecular Hbond substituents is 1. The van der Waals surface area contributed by atoms with Crippen LogP contribution in [0.4, 0.5) is 5.69 Å². The van der Waals surface area contributed by atoms with Crippen molar-refractivity contribution >= 4 is 54.0 Å². The summed E-state index contributed by atoms with van der Waals surface area (Å²) < 4.78 is 90.3. The number of hydrazone groups is 1. The van der Waals surface area contributed by atoms with Gasteiger partial charge in [0.15, 0.2) is 9.84 Å². The van der Waals surface area contributed by atoms with Gasteiger partial charge in [0.1, 0.15) is 11.5 Å². The zero-order valence-corrected chi connectivity index (χ0v) is 19.6. The third kappa shape index (κ3) is 7.17. The van der Waals surface area contributed by atoms with Crippen molar-refractivity contribution in [2.24, 2.45) is 5.10 Å². The molecule has 0 aliphatic heterocycles. The number of sulfone groups is 1. The molecule has 0 saturated heterocycles. The van der Waals surface area contributed by atoms with E-state index in [-0.39, 0.29) is 27.4 Å². The predicted octanol–water partition coefficient (Wildman–Crippen LogP) is 1.34. The summed E-state index contributed by atoms with van der Waals surface area (Å²) >= 11 is 0. The lowest BCUT2D eigenvalue weighted by molar-refractivity contribution is 0.284. The van der Waals surface area contributed by atoms with Crippen LogP contribution >= 0.6 is 0 Å². The molecule has 5 N–H and O–H groups in total. The molecule has 34 heavy (non-hydrogen) atoms. The summed E-state index contributed by atoms with van der Waals surface area (Å²) in [6.45, 7) is 2.69. The summed E-state index contributed by atoms with van der Waals surface area (Å²) in [7, 11) is -13.4. The second-order valence-electron chi connectivity index (χ2n) is 6.44. The van der Waals surface area contributed by atoms with Gasteiger partial charge in [-0.25, -0.2) is 12.6 Å². The summed E-state index contributed by atoms with van der Waals surface area (Å²) in [5, 5.41) is 21.8. The van der Waals surface area contributed by atoms with E-state index in [1.165, 1.54) is 24.3 Å². The fraction of sp³-hybridized carbons (Fsp3) is 0.111. The SMILES string of the molecule is C=Cc1cc(S(=O)(=O)O)cc(O)c1C(C=N)=NNc1cccc(S(=O)(=O)CCOS(=O)(=O)O)c1. The topological polar surface area (TPSA) is 221 Å². The maximum atomic E-state index is 12.4. The van der Waals surface area contributed by atoms with Gasteiger partial charge in [0, 0.05) is 12.3 Å². The first kappa shape index (κ1) is 27.1. The number of anilines is 1. The number of nitrogens with zero attached hydrogens (tertiary/aromatic N) is 1. The minimum atomic E-state index is -4.80. The molecule has 2 aromatic carbocycles. The molecule has 0 atom stereocenters. The molecule has 16 heteroatoms. The lowest BCUT2D eigenvalue weighted by atomic mass is 10.0. The molecular formula is C18H19N3O10S3. The van der Waals surface area contributed by atoms with Crippen LogP contribution < -0.4 is 5.43 Å². The summed E-state index contributed by atoms with van der Waals surface area (Å²) in [6, 6.07) is 6.94. The maximum absolute atomic E-state index is 12.4. The van der Waals surface area contributed by atoms with E-state index in [1.54, 1.807) is 0 Å². The van der Waals surface area contributed by atoms with E-state index < -0.39 is 53.4 Å². The summed E-state index contributed by atoms with van der Waals surface area (Å²) in [4.78, 5) is -0.827. The van der Waals surface area contributed by atoms with Gasteiger partial charge in [0.05, 0.1) is 33.4 Å². The molecule has 0 heterocycles. The highest BCUT2D eigenvalue weighted by Gasteiger charge is 2.19. The van der Waals surface area contributed by atoms with Gasteiger partial charge < -0.3 is 10.5 Å². The van der Waals surface area contributed by atoms with E-state index in [9.17, 15) is 34.9 Å². The lowest BCUT2D eigenvalue weighted by Crippen LogP contribution is -2.15. The molecule has 0 fully saturated rings. The Hall–Kier alpha value is -3.15. The van der Waals surface area contributed by atoms with Crippen molar-refractivity contribution in [1.29, 1.82) is 5.41 Å². The number of rotatable bonds is 11. The lowest BCUT2D eigenvalue weighted by Gasteiger charge is -2.11. The van der Waals surface area contributed by atoms with Crippen LogP contribution in [0.3, 0.4) is 0 Å². The van der Waals surface area contributed by atoms with Crippen molar-refractivity contribution < 1.29 is 43.6 Å². The minimum Gasteiger partial charge on any atom is -0.507 e. The average Bonchev–Trinajstić information content (AvgIpc) is 2.73. The first-order chi connectivity index (χ1) is 15.7. The molecular weight excluding hydrogens is 514 g/mol. The standard InChI is InChI=1S/C18H19N3O10S3/c1-2-12-8-15(33(25,26)27)10-17(22)18(12)16(11-19)21-20-13-4-3-5-14(9-13)32(23,24)7-6-31-34(28,29)30/h2-5,8-11,19-20,22H,1,6-7H2,(H,25,26,27)(H,28,29,30). The number of nitrogens with one attached hydrogen (secondary N) is 2. The van der Waals surface area contributed by atoms with Gasteiger partial charge in [-0.05, 0) is 29.8 Å². The van der Waals surface area contributed by atoms with Gasteiger partial charge in [-0.2, -0.15) is 21.9 Å². The zero-order chi connectivity index (χ0) is 25.7. The highest BCUT2D eigenvalue weighted by atomic mass is 32.3. The third-order valence-corrected chi connectivity index (χ3v) is 7.09. The van der Waals surface area contributed by atoms with E-state index in [0.717, 1.165) is 24.4 Å². The van der Waals surface area contributed by atoms with Crippen molar-refractivity contribution in [2.45, 2.75) is 9.79 Å². The molecule has 2 rings (SSSR count). The summed E-state index contributed by atoms with van der Waals surface area (Å²) in [5.41, 5.74) is 2.39. The van der Waals surface area contributed by atoms with Gasteiger partial charge >= 0.3 is 10.4 Å². The third-order valence-electron chi connectivity index (χ3n) is 4.12. The molecule has 13 nitrogen and oxygen atoms in total. The highest BCUT2D eigenvalue weighted by molar-refractivity contribution is 7.91. The normalized spacial score (nSPS) is 12.8. The molecule has 0 saturated carbocycles. The molecule has 0 aliphatic carbocycles. The van der Waals surface area contributed by atoms with Crippen LogP contribution in [0.15, 0.2) is 57.9 Å². The average molecular weight is 534 g/mol. The monoisotopic (exact) mass is 533 g/mol. The molecule has 0 aliphatic rings. The Bertz CT molecular complexity index is 1460. The predicted molar refractivity (Wildman–Crippen MR) is 123 cm³/mol. The second-order valence-corrected chi connectivity index (χ2v) is 11.1. The Morgan fingerprint density at radius 1 is 1.09 bits per heavy atom. The molecule has 0 spiro atoms. The van der Waals surface area contributed by atoms with Crippen molar-refractivity contribution in [3.8, 4) is 5.75 Å². The molecule has 0 aromatic heterocycles. The molecule has 0 radical (unpaired) electrons. The Balaban J connectivity index is 2.36. The van der Waals surface area contributed by atoms with Crippen LogP contribution in [-0.2, 0) is 34.5 Å². The van der Waals surface area contributed by atoms with Crippen LogP contribution in [0.5, 0.6) is 5.75 Å². The van der Waals surface area contributed by atoms with E-state index in [0.29, 0.717) is 0 Å².